The maximum absolute atomic E-state index is 13.1. The van der Waals surface area contributed by atoms with Gasteiger partial charge in [0.2, 0.25) is 6.41 Å². The monoisotopic (exact) mass is 405 g/mol. The number of nitrogens with zero attached hydrogens (tertiary/aromatic N) is 1. The average Bonchev–Trinajstić information content (AvgIpc) is 2.56. The van der Waals surface area contributed by atoms with E-state index in [1.807, 2.05) is 26.0 Å². The SMILES string of the molecule is COC1=C(c2c(C)cc(Br)cc2C)C(=O)CC2(CCN(C=O)CC2)C1. The smallest absolute Gasteiger partial charge is 0.209 e. The molecule has 134 valence electrons. The molecule has 1 amide bonds. The van der Waals surface area contributed by atoms with Gasteiger partial charge < -0.3 is 9.64 Å². The molecule has 0 saturated carbocycles. The van der Waals surface area contributed by atoms with Crippen molar-refractivity contribution in [1.82, 2.24) is 4.90 Å². The zero-order chi connectivity index (χ0) is 18.2. The van der Waals surface area contributed by atoms with Gasteiger partial charge in [-0.3, -0.25) is 9.59 Å². The largest absolute Gasteiger partial charge is 0.500 e. The molecule has 3 rings (SSSR count). The fraction of sp³-hybridized carbons (Fsp3) is 0.500. The number of amides is 1. The molecule has 4 nitrogen and oxygen atoms in total. The molecule has 1 aliphatic carbocycles. The van der Waals surface area contributed by atoms with Gasteiger partial charge in [0.25, 0.3) is 0 Å². The Labute approximate surface area is 157 Å². The molecule has 5 heteroatoms. The summed E-state index contributed by atoms with van der Waals surface area (Å²) in [5.41, 5.74) is 3.84. The van der Waals surface area contributed by atoms with Crippen molar-refractivity contribution in [1.29, 1.82) is 0 Å². The molecule has 2 aliphatic rings. The molecule has 0 aromatic heterocycles. The van der Waals surface area contributed by atoms with E-state index in [1.165, 1.54) is 0 Å². The number of ether oxygens (including phenoxy) is 1. The molecule has 0 atom stereocenters. The number of Topliss-reactive ketones (excluding diaryl/α,β-unsaturated/α-hetero) is 1. The summed E-state index contributed by atoms with van der Waals surface area (Å²) in [6, 6.07) is 4.09. The number of halogens is 1. The number of carbonyl (C=O) groups excluding carboxylic acids is 2. The maximum Gasteiger partial charge on any atom is 0.209 e. The van der Waals surface area contributed by atoms with Gasteiger partial charge >= 0.3 is 0 Å². The lowest BCUT2D eigenvalue weighted by molar-refractivity contribution is -0.122. The van der Waals surface area contributed by atoms with Gasteiger partial charge in [-0.15, -0.1) is 0 Å². The Kier molecular flexibility index (Phi) is 5.05. The first kappa shape index (κ1) is 18.2. The van der Waals surface area contributed by atoms with Crippen molar-refractivity contribution in [2.75, 3.05) is 20.2 Å². The number of carbonyl (C=O) groups is 2. The summed E-state index contributed by atoms with van der Waals surface area (Å²) in [7, 11) is 1.66. The van der Waals surface area contributed by atoms with Crippen molar-refractivity contribution in [2.45, 2.75) is 39.5 Å². The zero-order valence-electron chi connectivity index (χ0n) is 15.0. The molecule has 0 N–H and O–H groups in total. The van der Waals surface area contributed by atoms with E-state index in [2.05, 4.69) is 15.9 Å². The minimum absolute atomic E-state index is 0.0669. The Morgan fingerprint density at radius 2 is 1.76 bits per heavy atom. The van der Waals surface area contributed by atoms with Crippen LogP contribution in [0.25, 0.3) is 5.57 Å². The number of likely N-dealkylation sites (tertiary alicyclic amines) is 1. The van der Waals surface area contributed by atoms with Crippen molar-refractivity contribution in [2.24, 2.45) is 5.41 Å². The van der Waals surface area contributed by atoms with E-state index in [-0.39, 0.29) is 11.2 Å². The van der Waals surface area contributed by atoms with Crippen LogP contribution in [-0.2, 0) is 14.3 Å². The van der Waals surface area contributed by atoms with Crippen LogP contribution in [0.5, 0.6) is 0 Å². The number of ketones is 1. The first-order valence-corrected chi connectivity index (χ1v) is 9.45. The van der Waals surface area contributed by atoms with Gasteiger partial charge in [0.15, 0.2) is 5.78 Å². The van der Waals surface area contributed by atoms with E-state index in [0.717, 1.165) is 71.3 Å². The number of aryl methyl sites for hydroxylation is 2. The van der Waals surface area contributed by atoms with Crippen LogP contribution in [0.3, 0.4) is 0 Å². The highest BCUT2D eigenvalue weighted by Gasteiger charge is 2.43. The zero-order valence-corrected chi connectivity index (χ0v) is 16.6. The Morgan fingerprint density at radius 1 is 1.16 bits per heavy atom. The predicted octanol–water partition coefficient (Wildman–Crippen LogP) is 4.02. The quantitative estimate of drug-likeness (QED) is 0.713. The fourth-order valence-corrected chi connectivity index (χ4v) is 4.98. The van der Waals surface area contributed by atoms with Gasteiger partial charge in [0.05, 0.1) is 12.7 Å². The molecule has 1 saturated heterocycles. The minimum Gasteiger partial charge on any atom is -0.500 e. The maximum atomic E-state index is 13.1. The molecule has 1 spiro atoms. The highest BCUT2D eigenvalue weighted by atomic mass is 79.9. The standard InChI is InChI=1S/C20H24BrNO3/c1-13-8-15(21)9-14(2)18(13)19-16(24)10-20(11-17(19)25-3)4-6-22(12-23)7-5-20/h8-9,12H,4-7,10-11H2,1-3H3. The number of rotatable bonds is 3. The number of piperidine rings is 1. The summed E-state index contributed by atoms with van der Waals surface area (Å²) in [4.78, 5) is 25.9. The number of benzene rings is 1. The van der Waals surface area contributed by atoms with Crippen molar-refractivity contribution in [3.63, 3.8) is 0 Å². The lowest BCUT2D eigenvalue weighted by Crippen LogP contribution is -2.42. The molecule has 1 aromatic rings. The van der Waals surface area contributed by atoms with Crippen LogP contribution in [0, 0.1) is 19.3 Å². The Bertz CT molecular complexity index is 722. The third kappa shape index (κ3) is 3.39. The molecule has 0 radical (unpaired) electrons. The third-order valence-electron chi connectivity index (χ3n) is 5.63. The van der Waals surface area contributed by atoms with Crippen LogP contribution in [0.1, 0.15) is 42.4 Å². The van der Waals surface area contributed by atoms with Crippen LogP contribution < -0.4 is 0 Å². The second kappa shape index (κ2) is 6.94. The Hall–Kier alpha value is -1.62. The first-order chi connectivity index (χ1) is 11.9. The molecular weight excluding hydrogens is 382 g/mol. The van der Waals surface area contributed by atoms with E-state index < -0.39 is 0 Å². The molecule has 1 heterocycles. The summed E-state index contributed by atoms with van der Waals surface area (Å²) in [5, 5.41) is 0. The van der Waals surface area contributed by atoms with E-state index in [4.69, 9.17) is 4.74 Å². The predicted molar refractivity (Wildman–Crippen MR) is 101 cm³/mol. The topological polar surface area (TPSA) is 46.6 Å². The summed E-state index contributed by atoms with van der Waals surface area (Å²) in [6.07, 6.45) is 3.93. The number of methoxy groups -OCH3 is 1. The van der Waals surface area contributed by atoms with Gasteiger partial charge in [-0.1, -0.05) is 15.9 Å². The average molecular weight is 406 g/mol. The lowest BCUT2D eigenvalue weighted by atomic mass is 9.66. The van der Waals surface area contributed by atoms with Gasteiger partial charge in [-0.2, -0.15) is 0 Å². The molecule has 1 fully saturated rings. The van der Waals surface area contributed by atoms with Gasteiger partial charge in [-0.25, -0.2) is 0 Å². The van der Waals surface area contributed by atoms with E-state index >= 15 is 0 Å². The Morgan fingerprint density at radius 3 is 2.28 bits per heavy atom. The van der Waals surface area contributed by atoms with E-state index in [0.29, 0.717) is 6.42 Å². The summed E-state index contributed by atoms with van der Waals surface area (Å²) in [5.74, 6) is 0.959. The highest BCUT2D eigenvalue weighted by molar-refractivity contribution is 9.10. The molecular formula is C20H24BrNO3. The van der Waals surface area contributed by atoms with Crippen molar-refractivity contribution in [3.8, 4) is 0 Å². The molecule has 1 aromatic carbocycles. The summed E-state index contributed by atoms with van der Waals surface area (Å²) < 4.78 is 6.73. The fourth-order valence-electron chi connectivity index (χ4n) is 4.29. The number of hydrogen-bond acceptors (Lipinski definition) is 3. The molecule has 0 bridgehead atoms. The minimum atomic E-state index is -0.0669. The normalized spacial score (nSPS) is 20.2. The first-order valence-electron chi connectivity index (χ1n) is 8.66. The second-order valence-electron chi connectivity index (χ2n) is 7.33. The Balaban J connectivity index is 2.01. The molecule has 0 unspecified atom stereocenters. The van der Waals surface area contributed by atoms with Crippen LogP contribution >= 0.6 is 15.9 Å². The van der Waals surface area contributed by atoms with Crippen LogP contribution in [0.2, 0.25) is 0 Å². The van der Waals surface area contributed by atoms with Crippen molar-refractivity contribution >= 4 is 33.7 Å². The third-order valence-corrected chi connectivity index (χ3v) is 6.09. The van der Waals surface area contributed by atoms with Gasteiger partial charge in [0.1, 0.15) is 5.76 Å². The number of hydrogen-bond donors (Lipinski definition) is 0. The van der Waals surface area contributed by atoms with Crippen LogP contribution in [0.15, 0.2) is 22.4 Å². The second-order valence-corrected chi connectivity index (χ2v) is 8.25. The molecule has 1 aliphatic heterocycles. The van der Waals surface area contributed by atoms with Gasteiger partial charge in [-0.05, 0) is 60.9 Å². The molecule has 25 heavy (non-hydrogen) atoms. The lowest BCUT2D eigenvalue weighted by Gasteiger charge is -2.43. The summed E-state index contributed by atoms with van der Waals surface area (Å²) in [6.45, 7) is 5.51. The van der Waals surface area contributed by atoms with Crippen LogP contribution in [0.4, 0.5) is 0 Å². The van der Waals surface area contributed by atoms with Gasteiger partial charge in [0, 0.05) is 30.4 Å². The highest BCUT2D eigenvalue weighted by Crippen LogP contribution is 2.48. The van der Waals surface area contributed by atoms with Crippen molar-refractivity contribution in [3.05, 3.63) is 39.1 Å². The van der Waals surface area contributed by atoms with Crippen LogP contribution in [-0.4, -0.2) is 37.3 Å². The number of allylic oxidation sites excluding steroid dienone is 2. The van der Waals surface area contributed by atoms with E-state index in [9.17, 15) is 9.59 Å². The van der Waals surface area contributed by atoms with E-state index in [1.54, 1.807) is 12.0 Å². The van der Waals surface area contributed by atoms with Crippen molar-refractivity contribution < 1.29 is 14.3 Å². The summed E-state index contributed by atoms with van der Waals surface area (Å²) >= 11 is 3.52.